The van der Waals surface area contributed by atoms with Crippen molar-refractivity contribution in [3.05, 3.63) is 11.1 Å². The van der Waals surface area contributed by atoms with Gasteiger partial charge in [0.15, 0.2) is 10.8 Å². The first kappa shape index (κ1) is 21.8. The number of primary amides is 1. The smallest absolute Gasteiger partial charge is 0.359 e. The third-order valence-electron chi connectivity index (χ3n) is 2.45. The van der Waals surface area contributed by atoms with E-state index in [-0.39, 0.29) is 10.8 Å². The van der Waals surface area contributed by atoms with Crippen molar-refractivity contribution in [3.63, 3.8) is 0 Å². The lowest BCUT2D eigenvalue weighted by molar-refractivity contribution is -0.179. The van der Waals surface area contributed by atoms with E-state index in [1.54, 1.807) is 25.5 Å². The number of amides is 1. The van der Waals surface area contributed by atoms with Crippen LogP contribution in [0.25, 0.3) is 0 Å². The van der Waals surface area contributed by atoms with Crippen molar-refractivity contribution in [1.82, 2.24) is 4.98 Å². The van der Waals surface area contributed by atoms with Crippen molar-refractivity contribution in [3.8, 4) is 0 Å². The molecule has 0 bridgehead atoms. The van der Waals surface area contributed by atoms with Crippen molar-refractivity contribution in [2.75, 3.05) is 4.72 Å². The Morgan fingerprint density at radius 3 is 2.35 bits per heavy atom. The molecule has 0 fully saturated rings. The van der Waals surface area contributed by atoms with E-state index < -0.39 is 39.1 Å². The molecule has 0 radical (unpaired) electrons. The topological polar surface area (TPSA) is 170 Å². The molecule has 1 aromatic heterocycles. The van der Waals surface area contributed by atoms with Crippen LogP contribution in [0.2, 0.25) is 0 Å². The number of carbonyl (C=O) groups is 2. The van der Waals surface area contributed by atoms with Gasteiger partial charge in [-0.25, -0.2) is 14.5 Å². The predicted octanol–water partition coefficient (Wildman–Crippen LogP) is 0.684. The molecule has 0 aliphatic rings. The molecule has 0 saturated carbocycles. The minimum atomic E-state index is -4.52. The average molecular weight is 408 g/mol. The monoisotopic (exact) mass is 408 g/mol. The molecule has 146 valence electrons. The van der Waals surface area contributed by atoms with E-state index in [0.29, 0.717) is 0 Å². The van der Waals surface area contributed by atoms with E-state index in [1.165, 1.54) is 19.2 Å². The molecule has 0 aliphatic heterocycles. The lowest BCUT2D eigenvalue weighted by atomic mass is 10.1. The molecule has 26 heavy (non-hydrogen) atoms. The highest BCUT2D eigenvalue weighted by Gasteiger charge is 2.35. The van der Waals surface area contributed by atoms with Crippen LogP contribution < -0.4 is 10.5 Å². The number of anilines is 1. The van der Waals surface area contributed by atoms with Crippen LogP contribution in [-0.2, 0) is 29.5 Å². The maximum Gasteiger partial charge on any atom is 0.359 e. The molecule has 1 amide bonds. The van der Waals surface area contributed by atoms with Gasteiger partial charge in [0, 0.05) is 5.38 Å². The fourth-order valence-electron chi connectivity index (χ4n) is 1.36. The number of aromatic nitrogens is 1. The maximum atomic E-state index is 12.1. The van der Waals surface area contributed by atoms with Crippen molar-refractivity contribution in [2.45, 2.75) is 45.8 Å². The number of thiazole rings is 1. The molecule has 1 heterocycles. The highest BCUT2D eigenvalue weighted by atomic mass is 32.2. The number of hydrogen-bond acceptors (Lipinski definition) is 9. The molecular formula is C13H20N4O7S2. The lowest BCUT2D eigenvalue weighted by Crippen LogP contribution is -2.40. The molecule has 0 atom stereocenters. The predicted molar refractivity (Wildman–Crippen MR) is 94.0 cm³/mol. The number of hydrogen-bond donors (Lipinski definition) is 3. The van der Waals surface area contributed by atoms with Crippen molar-refractivity contribution in [1.29, 1.82) is 0 Å². The number of oxime groups is 1. The van der Waals surface area contributed by atoms with Crippen molar-refractivity contribution >= 4 is 44.4 Å². The molecule has 0 unspecified atom stereocenters. The van der Waals surface area contributed by atoms with E-state index in [0.717, 1.165) is 11.3 Å². The summed E-state index contributed by atoms with van der Waals surface area (Å²) in [5, 5.41) is 4.62. The van der Waals surface area contributed by atoms with E-state index >= 15 is 0 Å². The van der Waals surface area contributed by atoms with Crippen LogP contribution in [0.3, 0.4) is 0 Å². The fourth-order valence-corrected chi connectivity index (χ4v) is 2.67. The summed E-state index contributed by atoms with van der Waals surface area (Å²) >= 11 is 0.772. The summed E-state index contributed by atoms with van der Waals surface area (Å²) < 4.78 is 37.2. The molecule has 0 saturated heterocycles. The second-order valence-corrected chi connectivity index (χ2v) is 8.54. The van der Waals surface area contributed by atoms with Crippen LogP contribution >= 0.6 is 11.3 Å². The lowest BCUT2D eigenvalue weighted by Gasteiger charge is -2.26. The quantitative estimate of drug-likeness (QED) is 0.256. The van der Waals surface area contributed by atoms with Crippen LogP contribution in [0.15, 0.2) is 10.5 Å². The van der Waals surface area contributed by atoms with E-state index in [2.05, 4.69) is 10.1 Å². The largest absolute Gasteiger partial charge is 0.457 e. The maximum absolute atomic E-state index is 12.1. The number of rotatable bonds is 7. The Morgan fingerprint density at radius 2 is 1.88 bits per heavy atom. The number of ether oxygens (including phenoxy) is 1. The van der Waals surface area contributed by atoms with Crippen LogP contribution in [0.1, 0.15) is 40.3 Å². The normalized spacial score (nSPS) is 13.2. The van der Waals surface area contributed by atoms with E-state index in [1.807, 2.05) is 0 Å². The van der Waals surface area contributed by atoms with Crippen LogP contribution in [0, 0.1) is 0 Å². The number of nitrogens with zero attached hydrogens (tertiary/aromatic N) is 2. The third-order valence-corrected chi connectivity index (χ3v) is 3.79. The number of nitrogens with two attached hydrogens (primary N) is 1. The average Bonchev–Trinajstić information content (AvgIpc) is 2.82. The Balaban J connectivity index is 3.04. The van der Waals surface area contributed by atoms with E-state index in [4.69, 9.17) is 19.9 Å². The van der Waals surface area contributed by atoms with Gasteiger partial charge in [0.1, 0.15) is 11.3 Å². The number of nitrogens with one attached hydrogen (secondary N) is 1. The minimum absolute atomic E-state index is 0.103. The number of carbonyl (C=O) groups excluding carboxylic acids is 2. The molecule has 1 aromatic rings. The first-order valence-corrected chi connectivity index (χ1v) is 9.43. The Labute approximate surface area is 154 Å². The molecule has 1 rings (SSSR count). The van der Waals surface area contributed by atoms with Crippen molar-refractivity contribution in [2.24, 2.45) is 10.9 Å². The van der Waals surface area contributed by atoms with Gasteiger partial charge in [0.05, 0.1) is 0 Å². The second kappa shape index (κ2) is 7.55. The zero-order valence-electron chi connectivity index (χ0n) is 14.8. The van der Waals surface area contributed by atoms with Gasteiger partial charge in [-0.05, 0) is 34.6 Å². The molecule has 0 aromatic carbocycles. The Bertz CT molecular complexity index is 822. The van der Waals surface area contributed by atoms with Gasteiger partial charge in [-0.1, -0.05) is 5.16 Å². The zero-order valence-corrected chi connectivity index (χ0v) is 16.4. The summed E-state index contributed by atoms with van der Waals surface area (Å²) in [5.41, 5.74) is 2.40. The number of esters is 1. The third kappa shape index (κ3) is 6.93. The van der Waals surface area contributed by atoms with Crippen LogP contribution in [0.4, 0.5) is 5.13 Å². The SMILES string of the molecule is CC(C)(C)OC(=O)C(C)(C)ON=C(C(N)=O)c1csc(NS(=O)(=O)O)n1. The minimum Gasteiger partial charge on any atom is -0.457 e. The van der Waals surface area contributed by atoms with Gasteiger partial charge in [0.25, 0.3) is 5.91 Å². The first-order valence-electron chi connectivity index (χ1n) is 7.11. The summed E-state index contributed by atoms with van der Waals surface area (Å²) in [5.74, 6) is -1.74. The van der Waals surface area contributed by atoms with Gasteiger partial charge >= 0.3 is 16.3 Å². The fraction of sp³-hybridized carbons (Fsp3) is 0.538. The molecule has 0 aliphatic carbocycles. The summed E-state index contributed by atoms with van der Waals surface area (Å²) in [7, 11) is -4.52. The molecule has 11 nitrogen and oxygen atoms in total. The second-order valence-electron chi connectivity index (χ2n) is 6.52. The highest BCUT2D eigenvalue weighted by molar-refractivity contribution is 7.87. The van der Waals surface area contributed by atoms with Gasteiger partial charge < -0.3 is 15.3 Å². The standard InChI is InChI=1S/C13H20N4O7S2/c1-12(2,3)23-10(19)13(4,5)24-16-8(9(14)18)7-6-25-11(15-7)17-26(20,21)22/h6H,1-5H3,(H2,14,18)(H,15,17)(H,20,21,22). The Hall–Kier alpha value is -2.25. The molecule has 4 N–H and O–H groups in total. The first-order chi connectivity index (χ1) is 11.6. The summed E-state index contributed by atoms with van der Waals surface area (Å²) in [6.07, 6.45) is 0. The van der Waals surface area contributed by atoms with E-state index in [9.17, 15) is 18.0 Å². The Morgan fingerprint density at radius 1 is 1.31 bits per heavy atom. The summed E-state index contributed by atoms with van der Waals surface area (Å²) in [4.78, 5) is 32.6. The van der Waals surface area contributed by atoms with Crippen molar-refractivity contribution < 1.29 is 32.1 Å². The van der Waals surface area contributed by atoms with Gasteiger partial charge in [-0.2, -0.15) is 8.42 Å². The molecule has 0 spiro atoms. The molecule has 13 heteroatoms. The summed E-state index contributed by atoms with van der Waals surface area (Å²) in [6, 6.07) is 0. The Kier molecular flexibility index (Phi) is 6.33. The van der Waals surface area contributed by atoms with Gasteiger partial charge in [-0.15, -0.1) is 11.3 Å². The highest BCUT2D eigenvalue weighted by Crippen LogP contribution is 2.20. The molecular weight excluding hydrogens is 388 g/mol. The summed E-state index contributed by atoms with van der Waals surface area (Å²) in [6.45, 7) is 7.80. The van der Waals surface area contributed by atoms with Gasteiger partial charge in [0.2, 0.25) is 5.60 Å². The zero-order chi connectivity index (χ0) is 20.3. The van der Waals surface area contributed by atoms with Gasteiger partial charge in [-0.3, -0.25) is 9.35 Å². The van der Waals surface area contributed by atoms with Crippen LogP contribution in [-0.4, -0.2) is 46.7 Å². The van der Waals surface area contributed by atoms with Crippen LogP contribution in [0.5, 0.6) is 0 Å².